The van der Waals surface area contributed by atoms with E-state index in [0.717, 1.165) is 16.6 Å². The summed E-state index contributed by atoms with van der Waals surface area (Å²) < 4.78 is 1.89. The molecule has 1 amide bonds. The minimum Gasteiger partial charge on any atom is -0.364 e. The molecule has 0 saturated carbocycles. The summed E-state index contributed by atoms with van der Waals surface area (Å²) in [6, 6.07) is 19.4. The minimum absolute atomic E-state index is 0.421. The molecule has 0 aliphatic rings. The highest BCUT2D eigenvalue weighted by Gasteiger charge is 2.13. The summed E-state index contributed by atoms with van der Waals surface area (Å²) in [6.07, 6.45) is 0. The first-order chi connectivity index (χ1) is 8.77. The van der Waals surface area contributed by atoms with Gasteiger partial charge in [-0.3, -0.25) is 4.79 Å². The lowest BCUT2D eigenvalue weighted by atomic mass is 10.2. The van der Waals surface area contributed by atoms with E-state index >= 15 is 0 Å². The fraction of sp³-hybridized carbons (Fsp3) is 0. The van der Waals surface area contributed by atoms with Gasteiger partial charge in [-0.1, -0.05) is 36.4 Å². The molecule has 0 bridgehead atoms. The number of nitrogens with zero attached hydrogens (tertiary/aromatic N) is 1. The summed E-state index contributed by atoms with van der Waals surface area (Å²) in [6.45, 7) is 0. The van der Waals surface area contributed by atoms with Gasteiger partial charge in [0.2, 0.25) is 0 Å². The molecule has 0 saturated heterocycles. The number of nitrogens with two attached hydrogens (primary N) is 1. The average molecular weight is 236 g/mol. The maximum Gasteiger partial charge on any atom is 0.265 e. The first kappa shape index (κ1) is 10.6. The lowest BCUT2D eigenvalue weighted by Crippen LogP contribution is -2.15. The predicted octanol–water partition coefficient (Wildman–Crippen LogP) is 2.73. The van der Waals surface area contributed by atoms with Crippen LogP contribution in [0, 0.1) is 0 Å². The van der Waals surface area contributed by atoms with Crippen LogP contribution < -0.4 is 5.73 Å². The number of carbonyl (C=O) groups excluding carboxylic acids is 1. The third-order valence-corrected chi connectivity index (χ3v) is 2.98. The van der Waals surface area contributed by atoms with Crippen LogP contribution in [0.4, 0.5) is 0 Å². The first-order valence-corrected chi connectivity index (χ1v) is 5.73. The van der Waals surface area contributed by atoms with Gasteiger partial charge in [-0.2, -0.15) is 0 Å². The largest absolute Gasteiger partial charge is 0.364 e. The second-order valence-corrected chi connectivity index (χ2v) is 4.12. The summed E-state index contributed by atoms with van der Waals surface area (Å²) in [5.41, 5.74) is 7.88. The van der Waals surface area contributed by atoms with Crippen LogP contribution in [0.15, 0.2) is 60.7 Å². The molecule has 0 aliphatic carbocycles. The lowest BCUT2D eigenvalue weighted by molar-refractivity contribution is 0.0994. The summed E-state index contributed by atoms with van der Waals surface area (Å²) in [5.74, 6) is -0.421. The molecule has 1 heterocycles. The number of benzene rings is 2. The molecule has 3 rings (SSSR count). The Balaban J connectivity index is 2.38. The molecular weight excluding hydrogens is 224 g/mol. The molecule has 18 heavy (non-hydrogen) atoms. The minimum atomic E-state index is -0.421. The van der Waals surface area contributed by atoms with Crippen LogP contribution in [0.1, 0.15) is 10.5 Å². The Labute approximate surface area is 104 Å². The third kappa shape index (κ3) is 1.57. The highest BCUT2D eigenvalue weighted by Crippen LogP contribution is 2.23. The number of hydrogen-bond acceptors (Lipinski definition) is 1. The van der Waals surface area contributed by atoms with Crippen molar-refractivity contribution in [3.8, 4) is 5.69 Å². The highest BCUT2D eigenvalue weighted by atomic mass is 16.1. The Hall–Kier alpha value is -2.55. The molecule has 0 spiro atoms. The molecule has 2 N–H and O–H groups in total. The van der Waals surface area contributed by atoms with E-state index in [1.807, 2.05) is 65.2 Å². The van der Waals surface area contributed by atoms with Gasteiger partial charge in [0.25, 0.3) is 5.91 Å². The maximum absolute atomic E-state index is 11.6. The van der Waals surface area contributed by atoms with E-state index in [4.69, 9.17) is 5.73 Å². The van der Waals surface area contributed by atoms with Crippen LogP contribution in [0.25, 0.3) is 16.6 Å². The van der Waals surface area contributed by atoms with E-state index in [-0.39, 0.29) is 0 Å². The molecule has 0 aliphatic heterocycles. The monoisotopic (exact) mass is 236 g/mol. The molecule has 0 radical (unpaired) electrons. The first-order valence-electron chi connectivity index (χ1n) is 5.73. The van der Waals surface area contributed by atoms with E-state index in [0.29, 0.717) is 5.69 Å². The van der Waals surface area contributed by atoms with E-state index in [2.05, 4.69) is 0 Å². The van der Waals surface area contributed by atoms with Gasteiger partial charge in [0.1, 0.15) is 5.69 Å². The number of rotatable bonds is 2. The number of primary amides is 1. The van der Waals surface area contributed by atoms with Crippen LogP contribution in [0.2, 0.25) is 0 Å². The van der Waals surface area contributed by atoms with E-state index in [9.17, 15) is 4.79 Å². The SMILES string of the molecule is NC(=O)c1cc2ccccc2n1-c1ccccc1. The third-order valence-electron chi connectivity index (χ3n) is 2.98. The van der Waals surface area contributed by atoms with Crippen molar-refractivity contribution in [2.24, 2.45) is 5.73 Å². The van der Waals surface area contributed by atoms with Crippen LogP contribution >= 0.6 is 0 Å². The van der Waals surface area contributed by atoms with E-state index < -0.39 is 5.91 Å². The van der Waals surface area contributed by atoms with Crippen LogP contribution in [-0.2, 0) is 0 Å². The topological polar surface area (TPSA) is 48.0 Å². The van der Waals surface area contributed by atoms with Crippen molar-refractivity contribution >= 4 is 16.8 Å². The Bertz CT molecular complexity index is 714. The quantitative estimate of drug-likeness (QED) is 0.730. The van der Waals surface area contributed by atoms with Gasteiger partial charge in [0.15, 0.2) is 0 Å². The van der Waals surface area contributed by atoms with Crippen molar-refractivity contribution in [2.45, 2.75) is 0 Å². The zero-order valence-corrected chi connectivity index (χ0v) is 9.71. The molecule has 0 fully saturated rings. The zero-order chi connectivity index (χ0) is 12.5. The smallest absolute Gasteiger partial charge is 0.265 e. The Morgan fingerprint density at radius 2 is 1.61 bits per heavy atom. The summed E-state index contributed by atoms with van der Waals surface area (Å²) >= 11 is 0. The van der Waals surface area contributed by atoms with Crippen molar-refractivity contribution in [3.63, 3.8) is 0 Å². The molecule has 3 heteroatoms. The van der Waals surface area contributed by atoms with Gasteiger partial charge < -0.3 is 10.3 Å². The standard InChI is InChI=1S/C15H12N2O/c16-15(18)14-10-11-6-4-5-9-13(11)17(14)12-7-2-1-3-8-12/h1-10H,(H2,16,18). The van der Waals surface area contributed by atoms with Crippen LogP contribution in [-0.4, -0.2) is 10.5 Å². The Morgan fingerprint density at radius 1 is 0.944 bits per heavy atom. The van der Waals surface area contributed by atoms with Crippen molar-refractivity contribution in [1.29, 1.82) is 0 Å². The fourth-order valence-electron chi connectivity index (χ4n) is 2.19. The predicted molar refractivity (Wildman–Crippen MR) is 71.8 cm³/mol. The number of para-hydroxylation sites is 2. The number of fused-ring (bicyclic) bond motifs is 1. The molecule has 0 unspecified atom stereocenters. The Kier molecular flexibility index (Phi) is 2.38. The molecule has 88 valence electrons. The second-order valence-electron chi connectivity index (χ2n) is 4.12. The van der Waals surface area contributed by atoms with Gasteiger partial charge in [0, 0.05) is 11.1 Å². The van der Waals surface area contributed by atoms with Gasteiger partial charge in [-0.05, 0) is 24.3 Å². The van der Waals surface area contributed by atoms with Gasteiger partial charge >= 0.3 is 0 Å². The van der Waals surface area contributed by atoms with Crippen molar-refractivity contribution < 1.29 is 4.79 Å². The van der Waals surface area contributed by atoms with Crippen LogP contribution in [0.3, 0.4) is 0 Å². The molecule has 0 atom stereocenters. The zero-order valence-electron chi connectivity index (χ0n) is 9.71. The van der Waals surface area contributed by atoms with Crippen molar-refractivity contribution in [2.75, 3.05) is 0 Å². The number of carbonyl (C=O) groups is 1. The van der Waals surface area contributed by atoms with Gasteiger partial charge in [-0.25, -0.2) is 0 Å². The summed E-state index contributed by atoms with van der Waals surface area (Å²) in [4.78, 5) is 11.6. The van der Waals surface area contributed by atoms with E-state index in [1.54, 1.807) is 0 Å². The number of aromatic nitrogens is 1. The molecule has 3 aromatic rings. The highest BCUT2D eigenvalue weighted by molar-refractivity contribution is 5.99. The Morgan fingerprint density at radius 3 is 2.33 bits per heavy atom. The lowest BCUT2D eigenvalue weighted by Gasteiger charge is -2.08. The average Bonchev–Trinajstić information content (AvgIpc) is 2.79. The number of hydrogen-bond donors (Lipinski definition) is 1. The van der Waals surface area contributed by atoms with Gasteiger partial charge in [-0.15, -0.1) is 0 Å². The molecule has 2 aromatic carbocycles. The van der Waals surface area contributed by atoms with Crippen molar-refractivity contribution in [3.05, 3.63) is 66.4 Å². The number of amides is 1. The molecular formula is C15H12N2O. The van der Waals surface area contributed by atoms with Crippen molar-refractivity contribution in [1.82, 2.24) is 4.57 Å². The van der Waals surface area contributed by atoms with E-state index in [1.165, 1.54) is 0 Å². The molecule has 1 aromatic heterocycles. The summed E-state index contributed by atoms with van der Waals surface area (Å²) in [7, 11) is 0. The molecule has 3 nitrogen and oxygen atoms in total. The maximum atomic E-state index is 11.6. The normalized spacial score (nSPS) is 10.7. The second kappa shape index (κ2) is 4.04. The summed E-state index contributed by atoms with van der Waals surface area (Å²) in [5, 5.41) is 1.01. The van der Waals surface area contributed by atoms with Gasteiger partial charge in [0.05, 0.1) is 5.52 Å². The fourth-order valence-corrected chi connectivity index (χ4v) is 2.19. The van der Waals surface area contributed by atoms with Crippen LogP contribution in [0.5, 0.6) is 0 Å².